The van der Waals surface area contributed by atoms with E-state index < -0.39 is 6.43 Å². The summed E-state index contributed by atoms with van der Waals surface area (Å²) in [5.74, 6) is 1.93. The molecule has 0 atom stereocenters. The van der Waals surface area contributed by atoms with Gasteiger partial charge >= 0.3 is 6.43 Å². The number of hydrogen-bond acceptors (Lipinski definition) is 2. The largest absolute Gasteiger partial charge is 0.559 e. The molecule has 0 amide bonds. The monoisotopic (exact) mass is 607 g/mol. The van der Waals surface area contributed by atoms with Crippen LogP contribution in [0.2, 0.25) is 0 Å². The minimum Gasteiger partial charge on any atom is -0.494 e. The Morgan fingerprint density at radius 1 is 0.476 bits per heavy atom. The average Bonchev–Trinajstić information content (AvgIpc) is 2.98. The van der Waals surface area contributed by atoms with Gasteiger partial charge in [-0.2, -0.15) is 0 Å². The second-order valence-electron chi connectivity index (χ2n) is 10.2. The molecule has 0 N–H and O–H groups in total. The maximum atomic E-state index is 9.69. The molecule has 0 aliphatic heterocycles. The Labute approximate surface area is 253 Å². The van der Waals surface area contributed by atoms with E-state index in [1.165, 1.54) is 78.9 Å². The fourth-order valence-electron chi connectivity index (χ4n) is 4.45. The lowest BCUT2D eigenvalue weighted by Gasteiger charge is -2.11. The van der Waals surface area contributed by atoms with Crippen LogP contribution in [-0.4, -0.2) is 19.6 Å². The van der Waals surface area contributed by atoms with Crippen LogP contribution >= 0.6 is 0 Å². The molecule has 0 saturated heterocycles. The van der Waals surface area contributed by atoms with Crippen LogP contribution in [0.3, 0.4) is 0 Å². The molecule has 0 aliphatic rings. The normalized spacial score (nSPS) is 11.2. The minimum atomic E-state index is -5.50. The molecule has 0 spiro atoms. The van der Waals surface area contributed by atoms with Crippen molar-refractivity contribution < 1.29 is 27.0 Å². The highest BCUT2D eigenvalue weighted by molar-refractivity contribution is 7.97. The molecule has 0 aromatic heterocycles. The van der Waals surface area contributed by atoms with E-state index in [4.69, 9.17) is 9.47 Å². The van der Waals surface area contributed by atoms with Crippen molar-refractivity contribution in [3.63, 3.8) is 0 Å². The molecule has 0 aliphatic carbocycles. The van der Waals surface area contributed by atoms with Gasteiger partial charge in [-0.05, 0) is 73.5 Å². The lowest BCUT2D eigenvalue weighted by Crippen LogP contribution is -2.05. The Morgan fingerprint density at radius 3 is 1.19 bits per heavy atom. The molecule has 0 radical (unpaired) electrons. The SMILES string of the molecule is CCCCCCCCOc1ccc([S+](c2ccccc2)c2ccc(OCCCCCCCC)cc2)cc1.FC(F)(F)F. The minimum absolute atomic E-state index is 0.167. The number of hydrogen-bond donors (Lipinski definition) is 0. The molecule has 42 heavy (non-hydrogen) atoms. The average molecular weight is 608 g/mol. The van der Waals surface area contributed by atoms with E-state index in [9.17, 15) is 17.6 Å². The van der Waals surface area contributed by atoms with Gasteiger partial charge in [0.1, 0.15) is 11.5 Å². The Kier molecular flexibility index (Phi) is 17.8. The van der Waals surface area contributed by atoms with Crippen molar-refractivity contribution in [1.29, 1.82) is 0 Å². The van der Waals surface area contributed by atoms with E-state index in [-0.39, 0.29) is 10.9 Å². The molecule has 0 heterocycles. The quantitative estimate of drug-likeness (QED) is 0.0767. The van der Waals surface area contributed by atoms with Gasteiger partial charge in [0, 0.05) is 0 Å². The van der Waals surface area contributed by atoms with Crippen LogP contribution in [0.1, 0.15) is 90.9 Å². The Bertz CT molecular complexity index is 990. The predicted molar refractivity (Wildman–Crippen MR) is 166 cm³/mol. The number of unbranched alkanes of at least 4 members (excludes halogenated alkanes) is 10. The Morgan fingerprint density at radius 2 is 0.810 bits per heavy atom. The van der Waals surface area contributed by atoms with E-state index in [0.29, 0.717) is 0 Å². The molecular formula is C35H47F4O2S+. The van der Waals surface area contributed by atoms with Gasteiger partial charge in [0.15, 0.2) is 14.7 Å². The zero-order chi connectivity index (χ0) is 30.5. The predicted octanol–water partition coefficient (Wildman–Crippen LogP) is 11.7. The van der Waals surface area contributed by atoms with Crippen molar-refractivity contribution in [3.8, 4) is 11.5 Å². The van der Waals surface area contributed by atoms with Crippen molar-refractivity contribution in [2.24, 2.45) is 0 Å². The molecule has 7 heteroatoms. The van der Waals surface area contributed by atoms with E-state index in [2.05, 4.69) is 92.7 Å². The van der Waals surface area contributed by atoms with Gasteiger partial charge in [0.25, 0.3) is 0 Å². The van der Waals surface area contributed by atoms with Crippen LogP contribution < -0.4 is 9.47 Å². The summed E-state index contributed by atoms with van der Waals surface area (Å²) < 4.78 is 50.8. The second kappa shape index (κ2) is 21.1. The molecular weight excluding hydrogens is 560 g/mol. The lowest BCUT2D eigenvalue weighted by atomic mass is 10.1. The van der Waals surface area contributed by atoms with Crippen LogP contribution in [0, 0.1) is 0 Å². The summed E-state index contributed by atoms with van der Waals surface area (Å²) in [6, 6.07) is 28.3. The number of rotatable bonds is 19. The van der Waals surface area contributed by atoms with Gasteiger partial charge in [-0.1, -0.05) is 96.3 Å². The summed E-state index contributed by atoms with van der Waals surface area (Å²) in [6.07, 6.45) is 9.90. The van der Waals surface area contributed by atoms with Crippen LogP contribution in [-0.2, 0) is 10.9 Å². The van der Waals surface area contributed by atoms with Gasteiger partial charge < -0.3 is 9.47 Å². The summed E-state index contributed by atoms with van der Waals surface area (Å²) in [5, 5.41) is 0. The Balaban J connectivity index is 0.00000113. The highest BCUT2D eigenvalue weighted by atomic mass is 32.2. The van der Waals surface area contributed by atoms with Gasteiger partial charge in [0.05, 0.1) is 24.1 Å². The maximum absolute atomic E-state index is 9.69. The van der Waals surface area contributed by atoms with Gasteiger partial charge in [0.2, 0.25) is 0 Å². The standard InChI is InChI=1S/C34H47O2S.CF4/c1-3-5-7-9-11-16-28-35-30-20-24-33(25-21-30)37(32-18-14-13-15-19-32)34-26-22-31(23-27-34)36-29-17-12-10-8-6-4-2;2-1(3,4)5/h13-15,18-27H,3-12,16-17,28-29H2,1-2H3;/q+1;. The van der Waals surface area contributed by atoms with Gasteiger partial charge in [-0.3, -0.25) is 0 Å². The first-order valence-corrected chi connectivity index (χ1v) is 16.5. The smallest absolute Gasteiger partial charge is 0.494 e. The van der Waals surface area contributed by atoms with Gasteiger partial charge in [-0.25, -0.2) is 0 Å². The van der Waals surface area contributed by atoms with Crippen LogP contribution in [0.15, 0.2) is 93.5 Å². The summed E-state index contributed by atoms with van der Waals surface area (Å²) in [4.78, 5) is 3.93. The molecule has 0 bridgehead atoms. The summed E-state index contributed by atoms with van der Waals surface area (Å²) in [7, 11) is -0.167. The first kappa shape index (κ1) is 35.5. The second-order valence-corrected chi connectivity index (χ2v) is 12.2. The molecule has 0 fully saturated rings. The molecule has 232 valence electrons. The third-order valence-electron chi connectivity index (χ3n) is 6.63. The Hall–Kier alpha value is -2.67. The highest BCUT2D eigenvalue weighted by Gasteiger charge is 2.28. The zero-order valence-corrected chi connectivity index (χ0v) is 26.0. The molecule has 3 rings (SSSR count). The maximum Gasteiger partial charge on any atom is 0.559 e. The molecule has 3 aromatic rings. The first-order valence-electron chi connectivity index (χ1n) is 15.3. The van der Waals surface area contributed by atoms with Crippen molar-refractivity contribution in [2.75, 3.05) is 13.2 Å². The first-order chi connectivity index (χ1) is 20.3. The summed E-state index contributed by atoms with van der Waals surface area (Å²) >= 11 is 0. The van der Waals surface area contributed by atoms with E-state index in [1.807, 2.05) is 0 Å². The fourth-order valence-corrected chi connectivity index (χ4v) is 6.52. The number of ether oxygens (including phenoxy) is 2. The van der Waals surface area contributed by atoms with Crippen LogP contribution in [0.5, 0.6) is 11.5 Å². The zero-order valence-electron chi connectivity index (χ0n) is 25.1. The number of alkyl halides is 4. The van der Waals surface area contributed by atoms with Crippen LogP contribution in [0.25, 0.3) is 0 Å². The van der Waals surface area contributed by atoms with E-state index in [0.717, 1.165) is 37.6 Å². The highest BCUT2D eigenvalue weighted by Crippen LogP contribution is 2.33. The van der Waals surface area contributed by atoms with Gasteiger partial charge in [-0.15, -0.1) is 17.6 Å². The van der Waals surface area contributed by atoms with Crippen molar-refractivity contribution in [1.82, 2.24) is 0 Å². The summed E-state index contributed by atoms with van der Waals surface area (Å²) in [6.45, 7) is 6.13. The third kappa shape index (κ3) is 16.1. The molecule has 3 aromatic carbocycles. The lowest BCUT2D eigenvalue weighted by molar-refractivity contribution is -0.237. The topological polar surface area (TPSA) is 18.5 Å². The fraction of sp³-hybridized carbons (Fsp3) is 0.486. The number of halogens is 4. The van der Waals surface area contributed by atoms with Crippen LogP contribution in [0.4, 0.5) is 17.6 Å². The van der Waals surface area contributed by atoms with E-state index in [1.54, 1.807) is 0 Å². The van der Waals surface area contributed by atoms with Crippen molar-refractivity contribution in [3.05, 3.63) is 78.9 Å². The third-order valence-corrected chi connectivity index (χ3v) is 8.86. The molecule has 2 nitrogen and oxygen atoms in total. The van der Waals surface area contributed by atoms with Crippen molar-refractivity contribution in [2.45, 2.75) is 112 Å². The molecule has 0 unspecified atom stereocenters. The summed E-state index contributed by atoms with van der Waals surface area (Å²) in [5.41, 5.74) is 0. The van der Waals surface area contributed by atoms with E-state index >= 15 is 0 Å². The van der Waals surface area contributed by atoms with Crippen molar-refractivity contribution >= 4 is 10.9 Å². The number of benzene rings is 3. The molecule has 0 saturated carbocycles.